The average molecular weight is 193 g/mol. The molecule has 0 aromatic carbocycles. The van der Waals surface area contributed by atoms with Crippen LogP contribution in [0.1, 0.15) is 5.69 Å². The minimum atomic E-state index is 0. The Hall–Kier alpha value is -0.470. The summed E-state index contributed by atoms with van der Waals surface area (Å²) in [5.74, 6) is 0.468. The van der Waals surface area contributed by atoms with Crippen molar-refractivity contribution in [2.45, 2.75) is 5.88 Å². The maximum Gasteiger partial charge on any atom is 0.0648 e. The molecule has 0 radical (unpaired) electrons. The summed E-state index contributed by atoms with van der Waals surface area (Å²) >= 11 is 5.57. The van der Waals surface area contributed by atoms with E-state index in [1.165, 1.54) is 0 Å². The minimum Gasteiger partial charge on any atom is -0.388 e. The summed E-state index contributed by atoms with van der Waals surface area (Å²) in [5.41, 5.74) is 1.94. The molecular formula is C7H10Cl2N2. The van der Waals surface area contributed by atoms with Crippen molar-refractivity contribution in [1.82, 2.24) is 4.98 Å². The molecule has 0 atom stereocenters. The molecule has 4 heteroatoms. The van der Waals surface area contributed by atoms with Crippen LogP contribution in [0.15, 0.2) is 18.3 Å². The first-order valence-electron chi connectivity index (χ1n) is 3.05. The monoisotopic (exact) mass is 192 g/mol. The third-order valence-corrected chi connectivity index (χ3v) is 1.52. The summed E-state index contributed by atoms with van der Waals surface area (Å²) in [5, 5.41) is 3.00. The fourth-order valence-electron chi connectivity index (χ4n) is 0.707. The Balaban J connectivity index is 0.000001000. The van der Waals surface area contributed by atoms with Gasteiger partial charge in [0.05, 0.1) is 11.6 Å². The highest BCUT2D eigenvalue weighted by Crippen LogP contribution is 2.07. The Morgan fingerprint density at radius 1 is 1.64 bits per heavy atom. The Morgan fingerprint density at radius 2 is 2.36 bits per heavy atom. The number of alkyl halides is 1. The van der Waals surface area contributed by atoms with Gasteiger partial charge in [-0.25, -0.2) is 0 Å². The normalized spacial score (nSPS) is 8.55. The van der Waals surface area contributed by atoms with Crippen LogP contribution in [0.3, 0.4) is 0 Å². The molecule has 0 bridgehead atoms. The fourth-order valence-corrected chi connectivity index (χ4v) is 0.853. The van der Waals surface area contributed by atoms with Gasteiger partial charge in [-0.15, -0.1) is 24.0 Å². The van der Waals surface area contributed by atoms with Gasteiger partial charge >= 0.3 is 0 Å². The Kier molecular flexibility index (Phi) is 4.99. The highest BCUT2D eigenvalue weighted by molar-refractivity contribution is 6.16. The predicted octanol–water partition coefficient (Wildman–Crippen LogP) is 2.28. The van der Waals surface area contributed by atoms with Gasteiger partial charge in [-0.1, -0.05) is 0 Å². The van der Waals surface area contributed by atoms with Gasteiger partial charge in [0.2, 0.25) is 0 Å². The molecular weight excluding hydrogens is 183 g/mol. The second-order valence-electron chi connectivity index (χ2n) is 1.92. The molecule has 0 aliphatic carbocycles. The number of anilines is 1. The van der Waals surface area contributed by atoms with Crippen molar-refractivity contribution < 1.29 is 0 Å². The average Bonchev–Trinajstić information content (AvgIpc) is 2.05. The smallest absolute Gasteiger partial charge is 0.0648 e. The van der Waals surface area contributed by atoms with Crippen LogP contribution in [-0.2, 0) is 5.88 Å². The molecule has 0 amide bonds. The van der Waals surface area contributed by atoms with Gasteiger partial charge in [-0.2, -0.15) is 0 Å². The summed E-state index contributed by atoms with van der Waals surface area (Å²) in [4.78, 5) is 4.03. The van der Waals surface area contributed by atoms with E-state index >= 15 is 0 Å². The van der Waals surface area contributed by atoms with Gasteiger partial charge in [0.25, 0.3) is 0 Å². The molecule has 0 aliphatic rings. The lowest BCUT2D eigenvalue weighted by Crippen LogP contribution is -1.90. The summed E-state index contributed by atoms with van der Waals surface area (Å²) in [7, 11) is 1.87. The van der Waals surface area contributed by atoms with Crippen LogP contribution in [0.5, 0.6) is 0 Å². The van der Waals surface area contributed by atoms with E-state index in [2.05, 4.69) is 10.3 Å². The fraction of sp³-hybridized carbons (Fsp3) is 0.286. The van der Waals surface area contributed by atoms with Crippen molar-refractivity contribution >= 4 is 29.7 Å². The van der Waals surface area contributed by atoms with E-state index < -0.39 is 0 Å². The van der Waals surface area contributed by atoms with Crippen LogP contribution in [0.4, 0.5) is 5.69 Å². The maximum atomic E-state index is 5.57. The molecule has 2 nitrogen and oxygen atoms in total. The SMILES string of the molecule is CNc1ccnc(CCl)c1.Cl. The molecule has 1 heterocycles. The number of pyridine rings is 1. The molecule has 62 valence electrons. The summed E-state index contributed by atoms with van der Waals surface area (Å²) in [6.45, 7) is 0. The molecule has 1 N–H and O–H groups in total. The number of nitrogens with one attached hydrogen (secondary N) is 1. The van der Waals surface area contributed by atoms with Gasteiger partial charge in [0.15, 0.2) is 0 Å². The van der Waals surface area contributed by atoms with E-state index in [0.717, 1.165) is 11.4 Å². The first kappa shape index (κ1) is 10.5. The second kappa shape index (κ2) is 5.22. The van der Waals surface area contributed by atoms with Gasteiger partial charge in [0, 0.05) is 18.9 Å². The molecule has 1 rings (SSSR count). The van der Waals surface area contributed by atoms with Gasteiger partial charge in [0.1, 0.15) is 0 Å². The quantitative estimate of drug-likeness (QED) is 0.728. The standard InChI is InChI=1S/C7H9ClN2.ClH/c1-9-6-2-3-10-7(4-6)5-8;/h2-4H,5H2,1H3,(H,9,10);1H. The molecule has 1 aromatic heterocycles. The number of halogens is 2. The summed E-state index contributed by atoms with van der Waals surface area (Å²) < 4.78 is 0. The lowest BCUT2D eigenvalue weighted by molar-refractivity contribution is 1.17. The van der Waals surface area contributed by atoms with Crippen LogP contribution in [0.2, 0.25) is 0 Å². The number of aromatic nitrogens is 1. The molecule has 0 fully saturated rings. The van der Waals surface area contributed by atoms with Crippen molar-refractivity contribution in [1.29, 1.82) is 0 Å². The number of nitrogens with zero attached hydrogens (tertiary/aromatic N) is 1. The van der Waals surface area contributed by atoms with Crippen molar-refractivity contribution in [3.8, 4) is 0 Å². The highest BCUT2D eigenvalue weighted by atomic mass is 35.5. The third-order valence-electron chi connectivity index (χ3n) is 1.24. The number of hydrogen-bond acceptors (Lipinski definition) is 2. The molecule has 11 heavy (non-hydrogen) atoms. The third kappa shape index (κ3) is 2.95. The van der Waals surface area contributed by atoms with E-state index in [1.807, 2.05) is 19.2 Å². The summed E-state index contributed by atoms with van der Waals surface area (Å²) in [6, 6.07) is 3.82. The van der Waals surface area contributed by atoms with Gasteiger partial charge in [-0.3, -0.25) is 4.98 Å². The molecule has 0 unspecified atom stereocenters. The number of hydrogen-bond donors (Lipinski definition) is 1. The zero-order valence-electron chi connectivity index (χ0n) is 6.17. The Labute approximate surface area is 77.4 Å². The van der Waals surface area contributed by atoms with E-state index in [9.17, 15) is 0 Å². The van der Waals surface area contributed by atoms with Crippen molar-refractivity contribution in [3.63, 3.8) is 0 Å². The van der Waals surface area contributed by atoms with Gasteiger partial charge < -0.3 is 5.32 Å². The Morgan fingerprint density at radius 3 is 2.91 bits per heavy atom. The maximum absolute atomic E-state index is 5.57. The van der Waals surface area contributed by atoms with Crippen LogP contribution >= 0.6 is 24.0 Å². The van der Waals surface area contributed by atoms with Crippen molar-refractivity contribution in [2.75, 3.05) is 12.4 Å². The van der Waals surface area contributed by atoms with E-state index in [-0.39, 0.29) is 12.4 Å². The lowest BCUT2D eigenvalue weighted by atomic mass is 10.3. The van der Waals surface area contributed by atoms with Crippen molar-refractivity contribution in [2.24, 2.45) is 0 Å². The van der Waals surface area contributed by atoms with Crippen LogP contribution in [0.25, 0.3) is 0 Å². The zero-order chi connectivity index (χ0) is 7.40. The molecule has 0 saturated carbocycles. The van der Waals surface area contributed by atoms with Crippen molar-refractivity contribution in [3.05, 3.63) is 24.0 Å². The van der Waals surface area contributed by atoms with E-state index in [0.29, 0.717) is 5.88 Å². The van der Waals surface area contributed by atoms with Crippen LogP contribution in [0, 0.1) is 0 Å². The molecule has 0 spiro atoms. The topological polar surface area (TPSA) is 24.9 Å². The molecule has 0 saturated heterocycles. The largest absolute Gasteiger partial charge is 0.388 e. The lowest BCUT2D eigenvalue weighted by Gasteiger charge is -1.99. The van der Waals surface area contributed by atoms with Crippen LogP contribution < -0.4 is 5.32 Å². The number of rotatable bonds is 2. The van der Waals surface area contributed by atoms with Crippen LogP contribution in [-0.4, -0.2) is 12.0 Å². The minimum absolute atomic E-state index is 0. The van der Waals surface area contributed by atoms with E-state index in [1.54, 1.807) is 6.20 Å². The zero-order valence-corrected chi connectivity index (χ0v) is 7.75. The molecule has 0 aliphatic heterocycles. The predicted molar refractivity (Wildman–Crippen MR) is 50.6 cm³/mol. The molecule has 1 aromatic rings. The Bertz CT molecular complexity index is 196. The summed E-state index contributed by atoms with van der Waals surface area (Å²) in [6.07, 6.45) is 1.74. The van der Waals surface area contributed by atoms with Gasteiger partial charge in [-0.05, 0) is 12.1 Å². The first-order valence-corrected chi connectivity index (χ1v) is 3.59. The second-order valence-corrected chi connectivity index (χ2v) is 2.19. The highest BCUT2D eigenvalue weighted by Gasteiger charge is 1.91. The first-order chi connectivity index (χ1) is 4.86. The van der Waals surface area contributed by atoms with E-state index in [4.69, 9.17) is 11.6 Å².